The second-order valence-corrected chi connectivity index (χ2v) is 9.00. The molecule has 2 unspecified atom stereocenters. The molecule has 4 rings (SSSR count). The van der Waals surface area contributed by atoms with E-state index < -0.39 is 11.9 Å². The standard InChI is InChI=1S/C22H24F3N5OS/c1-13-10-30(11-14(2)27-13)21-15(3-7-19(29-21)22(23,24)25)4-8-20(31)28-16-5-6-17-18(9-16)32-12-26-17/h3-9,13-14,26-27H,10-12H2,1-2H3,(H,28,31)/b8-4+. The lowest BCUT2D eigenvalue weighted by atomic mass is 10.1. The number of fused-ring (bicyclic) bond motifs is 1. The van der Waals surface area contributed by atoms with Gasteiger partial charge in [-0.05, 0) is 50.3 Å². The first kappa shape index (κ1) is 22.5. The van der Waals surface area contributed by atoms with Gasteiger partial charge in [-0.15, -0.1) is 11.8 Å². The molecule has 170 valence electrons. The Labute approximate surface area is 188 Å². The Morgan fingerprint density at radius 2 is 1.97 bits per heavy atom. The second kappa shape index (κ2) is 9.03. The minimum Gasteiger partial charge on any atom is -0.375 e. The lowest BCUT2D eigenvalue weighted by Crippen LogP contribution is -2.54. The number of carbonyl (C=O) groups is 1. The molecular weight excluding hydrogens is 439 g/mol. The van der Waals surface area contributed by atoms with Crippen LogP contribution in [0.15, 0.2) is 41.3 Å². The Hall–Kier alpha value is -2.72. The van der Waals surface area contributed by atoms with Gasteiger partial charge in [0.25, 0.3) is 0 Å². The first-order valence-electron chi connectivity index (χ1n) is 10.3. The zero-order valence-corrected chi connectivity index (χ0v) is 18.5. The van der Waals surface area contributed by atoms with Crippen LogP contribution < -0.4 is 20.9 Å². The van der Waals surface area contributed by atoms with Gasteiger partial charge >= 0.3 is 6.18 Å². The van der Waals surface area contributed by atoms with Gasteiger partial charge in [0.05, 0.1) is 5.88 Å². The van der Waals surface area contributed by atoms with E-state index in [1.165, 1.54) is 18.2 Å². The quantitative estimate of drug-likeness (QED) is 0.584. The summed E-state index contributed by atoms with van der Waals surface area (Å²) in [5.41, 5.74) is 1.20. The number of aromatic nitrogens is 1. The van der Waals surface area contributed by atoms with E-state index >= 15 is 0 Å². The Balaban J connectivity index is 1.56. The zero-order chi connectivity index (χ0) is 22.9. The zero-order valence-electron chi connectivity index (χ0n) is 17.7. The van der Waals surface area contributed by atoms with E-state index in [-0.39, 0.29) is 23.8 Å². The molecule has 2 atom stereocenters. The van der Waals surface area contributed by atoms with Crippen LogP contribution in [0.2, 0.25) is 0 Å². The number of amides is 1. The number of nitrogens with zero attached hydrogens (tertiary/aromatic N) is 2. The molecule has 32 heavy (non-hydrogen) atoms. The Morgan fingerprint density at radius 1 is 1.22 bits per heavy atom. The summed E-state index contributed by atoms with van der Waals surface area (Å²) >= 11 is 1.65. The molecule has 1 fully saturated rings. The Bertz CT molecular complexity index is 1030. The van der Waals surface area contributed by atoms with Crippen LogP contribution in [0.1, 0.15) is 25.1 Å². The molecule has 0 radical (unpaired) electrons. The van der Waals surface area contributed by atoms with Gasteiger partial charge in [0, 0.05) is 53.1 Å². The van der Waals surface area contributed by atoms with Crippen LogP contribution in [0.3, 0.4) is 0 Å². The molecule has 3 heterocycles. The van der Waals surface area contributed by atoms with E-state index in [1.54, 1.807) is 17.8 Å². The fraction of sp³-hybridized carbons (Fsp3) is 0.364. The molecule has 3 N–H and O–H groups in total. The van der Waals surface area contributed by atoms with Crippen LogP contribution in [-0.4, -0.2) is 41.9 Å². The molecule has 10 heteroatoms. The van der Waals surface area contributed by atoms with Crippen LogP contribution in [0.4, 0.5) is 30.4 Å². The number of hydrogen-bond acceptors (Lipinski definition) is 6. The third-order valence-electron chi connectivity index (χ3n) is 5.21. The van der Waals surface area contributed by atoms with E-state index in [4.69, 9.17) is 0 Å². The molecule has 1 amide bonds. The van der Waals surface area contributed by atoms with Crippen molar-refractivity contribution in [1.29, 1.82) is 0 Å². The Kier molecular flexibility index (Phi) is 6.34. The molecule has 1 aromatic carbocycles. The molecule has 2 aromatic rings. The number of carbonyl (C=O) groups excluding carboxylic acids is 1. The smallest absolute Gasteiger partial charge is 0.375 e. The van der Waals surface area contributed by atoms with Gasteiger partial charge in [-0.2, -0.15) is 13.2 Å². The molecule has 6 nitrogen and oxygen atoms in total. The predicted octanol–water partition coefficient (Wildman–Crippen LogP) is 4.41. The van der Waals surface area contributed by atoms with Gasteiger partial charge in [-0.3, -0.25) is 4.79 Å². The number of hydrogen-bond donors (Lipinski definition) is 3. The lowest BCUT2D eigenvalue weighted by molar-refractivity contribution is -0.141. The maximum absolute atomic E-state index is 13.3. The normalized spacial score (nSPS) is 20.8. The highest BCUT2D eigenvalue weighted by molar-refractivity contribution is 7.99. The first-order valence-corrected chi connectivity index (χ1v) is 11.3. The van der Waals surface area contributed by atoms with E-state index in [9.17, 15) is 18.0 Å². The summed E-state index contributed by atoms with van der Waals surface area (Å²) in [7, 11) is 0. The van der Waals surface area contributed by atoms with E-state index in [0.717, 1.165) is 22.5 Å². The van der Waals surface area contributed by atoms with Crippen LogP contribution in [0, 0.1) is 0 Å². The maximum Gasteiger partial charge on any atom is 0.433 e. The van der Waals surface area contributed by atoms with Gasteiger partial charge in [-0.25, -0.2) is 4.98 Å². The Morgan fingerprint density at radius 3 is 2.69 bits per heavy atom. The summed E-state index contributed by atoms with van der Waals surface area (Å²) in [6.07, 6.45) is -1.71. The highest BCUT2D eigenvalue weighted by Gasteiger charge is 2.34. The van der Waals surface area contributed by atoms with Crippen molar-refractivity contribution < 1.29 is 18.0 Å². The monoisotopic (exact) mass is 463 g/mol. The van der Waals surface area contributed by atoms with Crippen molar-refractivity contribution in [3.05, 3.63) is 47.7 Å². The average Bonchev–Trinajstić information content (AvgIpc) is 3.18. The fourth-order valence-electron chi connectivity index (χ4n) is 3.91. The van der Waals surface area contributed by atoms with Crippen molar-refractivity contribution in [1.82, 2.24) is 10.3 Å². The van der Waals surface area contributed by atoms with Gasteiger partial charge < -0.3 is 20.9 Å². The van der Waals surface area contributed by atoms with E-state index in [1.807, 2.05) is 30.9 Å². The predicted molar refractivity (Wildman–Crippen MR) is 122 cm³/mol. The molecule has 0 saturated carbocycles. The number of piperazine rings is 1. The van der Waals surface area contributed by atoms with Crippen molar-refractivity contribution in [2.24, 2.45) is 0 Å². The van der Waals surface area contributed by atoms with Crippen molar-refractivity contribution in [2.75, 3.05) is 34.5 Å². The van der Waals surface area contributed by atoms with Crippen LogP contribution >= 0.6 is 11.8 Å². The summed E-state index contributed by atoms with van der Waals surface area (Å²) in [5, 5.41) is 9.38. The van der Waals surface area contributed by atoms with Crippen molar-refractivity contribution in [3.8, 4) is 0 Å². The summed E-state index contributed by atoms with van der Waals surface area (Å²) in [6.45, 7) is 4.99. The number of alkyl halides is 3. The molecule has 0 bridgehead atoms. The van der Waals surface area contributed by atoms with Crippen molar-refractivity contribution in [3.63, 3.8) is 0 Å². The van der Waals surface area contributed by atoms with Crippen LogP contribution in [0.5, 0.6) is 0 Å². The molecule has 1 saturated heterocycles. The molecular formula is C22H24F3N5OS. The topological polar surface area (TPSA) is 69.3 Å². The minimum absolute atomic E-state index is 0.0994. The van der Waals surface area contributed by atoms with Crippen molar-refractivity contribution in [2.45, 2.75) is 37.0 Å². The lowest BCUT2D eigenvalue weighted by Gasteiger charge is -2.37. The van der Waals surface area contributed by atoms with Crippen molar-refractivity contribution >= 4 is 40.9 Å². The number of anilines is 3. The maximum atomic E-state index is 13.3. The number of benzene rings is 1. The number of rotatable bonds is 4. The number of pyridine rings is 1. The second-order valence-electron chi connectivity index (χ2n) is 7.98. The van der Waals surface area contributed by atoms with Gasteiger partial charge in [-0.1, -0.05) is 0 Å². The molecule has 2 aliphatic rings. The minimum atomic E-state index is -4.54. The summed E-state index contributed by atoms with van der Waals surface area (Å²) in [5.74, 6) is 0.650. The number of halogens is 3. The number of nitrogens with one attached hydrogen (secondary N) is 3. The van der Waals surface area contributed by atoms with Crippen LogP contribution in [-0.2, 0) is 11.0 Å². The molecule has 1 aromatic heterocycles. The number of thioether (sulfide) groups is 1. The summed E-state index contributed by atoms with van der Waals surface area (Å²) in [4.78, 5) is 19.3. The molecule has 0 spiro atoms. The van der Waals surface area contributed by atoms with E-state index in [2.05, 4.69) is 20.9 Å². The van der Waals surface area contributed by atoms with Gasteiger partial charge in [0.15, 0.2) is 0 Å². The first-order chi connectivity index (χ1) is 15.2. The highest BCUT2D eigenvalue weighted by Crippen LogP contribution is 2.35. The third kappa shape index (κ3) is 5.18. The largest absolute Gasteiger partial charge is 0.433 e. The van der Waals surface area contributed by atoms with Crippen LogP contribution in [0.25, 0.3) is 6.08 Å². The SMILES string of the molecule is CC1CN(c2nc(C(F)(F)F)ccc2/C=C/C(=O)Nc2ccc3c(c2)SCN3)CC(C)N1. The van der Waals surface area contributed by atoms with E-state index in [0.29, 0.717) is 24.3 Å². The highest BCUT2D eigenvalue weighted by atomic mass is 32.2. The average molecular weight is 464 g/mol. The third-order valence-corrected chi connectivity index (χ3v) is 6.14. The summed E-state index contributed by atoms with van der Waals surface area (Å²) in [6, 6.07) is 8.10. The fourth-order valence-corrected chi connectivity index (χ4v) is 4.80. The van der Waals surface area contributed by atoms with Gasteiger partial charge in [0.2, 0.25) is 5.91 Å². The molecule has 0 aliphatic carbocycles. The summed E-state index contributed by atoms with van der Waals surface area (Å²) < 4.78 is 39.9. The van der Waals surface area contributed by atoms with Gasteiger partial charge in [0.1, 0.15) is 11.5 Å². The molecule has 2 aliphatic heterocycles.